The molecule has 0 bridgehead atoms. The van der Waals surface area contributed by atoms with Crippen molar-refractivity contribution in [2.75, 3.05) is 0 Å². The van der Waals surface area contributed by atoms with E-state index in [1.54, 1.807) is 0 Å². The second kappa shape index (κ2) is 2.38. The molecule has 11 heavy (non-hydrogen) atoms. The van der Waals surface area contributed by atoms with Crippen LogP contribution in [0, 0.1) is 0 Å². The van der Waals surface area contributed by atoms with Crippen LogP contribution in [0.15, 0.2) is 23.3 Å². The lowest BCUT2D eigenvalue weighted by Gasteiger charge is -1.94. The lowest BCUT2D eigenvalue weighted by Crippen LogP contribution is -1.72. The van der Waals surface area contributed by atoms with Crippen LogP contribution in [0.3, 0.4) is 0 Å². The van der Waals surface area contributed by atoms with Gasteiger partial charge < -0.3 is 4.98 Å². The predicted molar refractivity (Wildman–Crippen MR) is 47.2 cm³/mol. The van der Waals surface area contributed by atoms with E-state index in [2.05, 4.69) is 29.0 Å². The lowest BCUT2D eigenvalue weighted by molar-refractivity contribution is 1.33. The Morgan fingerprint density at radius 1 is 1.55 bits per heavy atom. The van der Waals surface area contributed by atoms with Crippen LogP contribution in [0.1, 0.15) is 18.9 Å². The number of aromatic nitrogens is 1. The summed E-state index contributed by atoms with van der Waals surface area (Å²) in [5.74, 6) is 0.983. The van der Waals surface area contributed by atoms with E-state index in [0.717, 1.165) is 12.2 Å². The fraction of sp³-hybridized carbons (Fsp3) is 0.222. The fourth-order valence-electron chi connectivity index (χ4n) is 1.27. The van der Waals surface area contributed by atoms with Crippen molar-refractivity contribution in [3.8, 4) is 0 Å². The number of nitrogens with zero attached hydrogens (tertiary/aromatic N) is 1. The highest BCUT2D eigenvalue weighted by Crippen LogP contribution is 2.26. The van der Waals surface area contributed by atoms with Gasteiger partial charge in [0, 0.05) is 24.4 Å². The molecule has 0 aromatic carbocycles. The first-order valence-electron chi connectivity index (χ1n) is 3.75. The molecule has 1 aromatic rings. The third kappa shape index (κ3) is 1.00. The average Bonchev–Trinajstić information content (AvgIpc) is 2.40. The van der Waals surface area contributed by atoms with E-state index in [-0.39, 0.29) is 0 Å². The highest BCUT2D eigenvalue weighted by molar-refractivity contribution is 5.79. The van der Waals surface area contributed by atoms with Crippen LogP contribution in [0.2, 0.25) is 0 Å². The monoisotopic (exact) mass is 146 g/mol. The number of rotatable bonds is 0. The van der Waals surface area contributed by atoms with Crippen molar-refractivity contribution in [2.45, 2.75) is 13.3 Å². The summed E-state index contributed by atoms with van der Waals surface area (Å²) in [6.45, 7) is 2.11. The first kappa shape index (κ1) is 6.40. The zero-order valence-corrected chi connectivity index (χ0v) is 6.46. The quantitative estimate of drug-likeness (QED) is 0.582. The van der Waals surface area contributed by atoms with Crippen molar-refractivity contribution in [2.24, 2.45) is 4.99 Å². The minimum Gasteiger partial charge on any atom is -0.346 e. The zero-order chi connectivity index (χ0) is 7.68. The molecule has 0 atom stereocenters. The summed E-state index contributed by atoms with van der Waals surface area (Å²) in [5.41, 5.74) is 2.53. The van der Waals surface area contributed by atoms with Gasteiger partial charge in [0.1, 0.15) is 5.82 Å². The SMILES string of the molecule is CC1=CCC=Nc2[nH]ccc21. The number of hydrogen-bond donors (Lipinski definition) is 1. The Kier molecular flexibility index (Phi) is 1.39. The van der Waals surface area contributed by atoms with E-state index in [1.807, 2.05) is 12.4 Å². The number of allylic oxidation sites excluding steroid dienone is 2. The van der Waals surface area contributed by atoms with E-state index in [9.17, 15) is 0 Å². The van der Waals surface area contributed by atoms with Crippen molar-refractivity contribution >= 4 is 17.6 Å². The zero-order valence-electron chi connectivity index (χ0n) is 6.46. The van der Waals surface area contributed by atoms with E-state index in [1.165, 1.54) is 11.1 Å². The van der Waals surface area contributed by atoms with Crippen LogP contribution >= 0.6 is 0 Å². The Labute approximate surface area is 65.7 Å². The molecule has 0 aliphatic carbocycles. The number of nitrogens with one attached hydrogen (secondary N) is 1. The van der Waals surface area contributed by atoms with Crippen LogP contribution < -0.4 is 0 Å². The van der Waals surface area contributed by atoms with Crippen molar-refractivity contribution < 1.29 is 0 Å². The van der Waals surface area contributed by atoms with Crippen molar-refractivity contribution in [3.05, 3.63) is 23.9 Å². The summed E-state index contributed by atoms with van der Waals surface area (Å²) in [4.78, 5) is 7.35. The van der Waals surface area contributed by atoms with Gasteiger partial charge in [0.15, 0.2) is 0 Å². The normalized spacial score (nSPS) is 15.5. The minimum absolute atomic E-state index is 0.939. The standard InChI is InChI=1S/C9H10N2/c1-7-3-2-5-10-9-8(7)4-6-11-9/h3-6,11H,2H2,1H3. The predicted octanol–water partition coefficient (Wildman–Crippen LogP) is 2.52. The average molecular weight is 146 g/mol. The van der Waals surface area contributed by atoms with Gasteiger partial charge in [-0.1, -0.05) is 6.08 Å². The van der Waals surface area contributed by atoms with Gasteiger partial charge in [0.05, 0.1) is 0 Å². The summed E-state index contributed by atoms with van der Waals surface area (Å²) >= 11 is 0. The molecule has 1 aromatic heterocycles. The van der Waals surface area contributed by atoms with Crippen LogP contribution in [0.5, 0.6) is 0 Å². The minimum atomic E-state index is 0.939. The molecule has 56 valence electrons. The molecule has 2 rings (SSSR count). The van der Waals surface area contributed by atoms with Gasteiger partial charge in [-0.25, -0.2) is 4.99 Å². The number of aliphatic imine (C=N–C) groups is 1. The van der Waals surface area contributed by atoms with E-state index in [4.69, 9.17) is 0 Å². The summed E-state index contributed by atoms with van der Waals surface area (Å²) in [5, 5.41) is 0. The van der Waals surface area contributed by atoms with Gasteiger partial charge in [-0.2, -0.15) is 0 Å². The van der Waals surface area contributed by atoms with E-state index in [0.29, 0.717) is 0 Å². The number of aromatic amines is 1. The molecule has 0 saturated carbocycles. The molecule has 0 radical (unpaired) electrons. The largest absolute Gasteiger partial charge is 0.346 e. The highest BCUT2D eigenvalue weighted by atomic mass is 14.9. The lowest BCUT2D eigenvalue weighted by atomic mass is 10.1. The maximum atomic E-state index is 4.26. The Balaban J connectivity index is 2.59. The van der Waals surface area contributed by atoms with Gasteiger partial charge in [-0.05, 0) is 18.6 Å². The van der Waals surface area contributed by atoms with Crippen LogP contribution in [0.4, 0.5) is 5.82 Å². The third-order valence-electron chi connectivity index (χ3n) is 1.90. The molecule has 0 saturated heterocycles. The van der Waals surface area contributed by atoms with Crippen molar-refractivity contribution in [3.63, 3.8) is 0 Å². The van der Waals surface area contributed by atoms with Gasteiger partial charge in [0.25, 0.3) is 0 Å². The topological polar surface area (TPSA) is 28.1 Å². The first-order valence-corrected chi connectivity index (χ1v) is 3.75. The maximum Gasteiger partial charge on any atom is 0.137 e. The molecule has 1 aliphatic rings. The van der Waals surface area contributed by atoms with Crippen LogP contribution in [0.25, 0.3) is 5.57 Å². The molecule has 2 nitrogen and oxygen atoms in total. The molecular formula is C9H10N2. The van der Waals surface area contributed by atoms with Gasteiger partial charge in [-0.3, -0.25) is 0 Å². The Morgan fingerprint density at radius 3 is 3.36 bits per heavy atom. The molecule has 2 heteroatoms. The van der Waals surface area contributed by atoms with E-state index < -0.39 is 0 Å². The summed E-state index contributed by atoms with van der Waals surface area (Å²) < 4.78 is 0. The Morgan fingerprint density at radius 2 is 2.45 bits per heavy atom. The Hall–Kier alpha value is -1.31. The molecular weight excluding hydrogens is 136 g/mol. The molecule has 0 unspecified atom stereocenters. The molecule has 1 aliphatic heterocycles. The van der Waals surface area contributed by atoms with Crippen molar-refractivity contribution in [1.82, 2.24) is 4.98 Å². The summed E-state index contributed by atoms with van der Waals surface area (Å²) in [7, 11) is 0. The highest BCUT2D eigenvalue weighted by Gasteiger charge is 2.04. The second-order valence-corrected chi connectivity index (χ2v) is 2.67. The molecule has 1 N–H and O–H groups in total. The molecule has 0 spiro atoms. The van der Waals surface area contributed by atoms with Crippen LogP contribution in [-0.4, -0.2) is 11.2 Å². The number of fused-ring (bicyclic) bond motifs is 1. The Bertz CT molecular complexity index is 318. The summed E-state index contributed by atoms with van der Waals surface area (Å²) in [6, 6.07) is 2.06. The summed E-state index contributed by atoms with van der Waals surface area (Å²) in [6.07, 6.45) is 6.97. The fourth-order valence-corrected chi connectivity index (χ4v) is 1.27. The van der Waals surface area contributed by atoms with Crippen molar-refractivity contribution in [1.29, 1.82) is 0 Å². The first-order chi connectivity index (χ1) is 5.38. The van der Waals surface area contributed by atoms with E-state index >= 15 is 0 Å². The van der Waals surface area contributed by atoms with Gasteiger partial charge in [-0.15, -0.1) is 0 Å². The smallest absolute Gasteiger partial charge is 0.137 e. The molecule has 2 heterocycles. The number of H-pyrrole nitrogens is 1. The van der Waals surface area contributed by atoms with Gasteiger partial charge in [0.2, 0.25) is 0 Å². The maximum absolute atomic E-state index is 4.26. The molecule has 0 amide bonds. The van der Waals surface area contributed by atoms with Crippen LogP contribution in [-0.2, 0) is 0 Å². The van der Waals surface area contributed by atoms with Gasteiger partial charge >= 0.3 is 0 Å². The molecule has 0 fully saturated rings. The second-order valence-electron chi connectivity index (χ2n) is 2.67. The number of hydrogen-bond acceptors (Lipinski definition) is 1. The third-order valence-corrected chi connectivity index (χ3v) is 1.90.